The summed E-state index contributed by atoms with van der Waals surface area (Å²) in [5.41, 5.74) is -0.588. The molecule has 0 bridgehead atoms. The maximum Gasteiger partial charge on any atom is 0.235 e. The van der Waals surface area contributed by atoms with Crippen LogP contribution in [0.1, 0.15) is 31.7 Å². The zero-order valence-corrected chi connectivity index (χ0v) is 24.9. The molecule has 0 radical (unpaired) electrons. The van der Waals surface area contributed by atoms with Gasteiger partial charge in [-0.2, -0.15) is 0 Å². The normalized spacial score (nSPS) is 22.0. The molecular formula is C31H33BrN2O7. The molecule has 10 heteroatoms. The second-order valence-corrected chi connectivity index (χ2v) is 10.9. The number of hydrogen-bond acceptors (Lipinski definition) is 7. The lowest BCUT2D eigenvalue weighted by Gasteiger charge is -2.44. The zero-order chi connectivity index (χ0) is 29.7. The summed E-state index contributed by atoms with van der Waals surface area (Å²) >= 11 is 3.48. The van der Waals surface area contributed by atoms with Gasteiger partial charge in [-0.15, -0.1) is 0 Å². The summed E-state index contributed by atoms with van der Waals surface area (Å²) in [4.78, 5) is 41.7. The highest BCUT2D eigenvalue weighted by Crippen LogP contribution is 2.49. The van der Waals surface area contributed by atoms with Gasteiger partial charge in [-0.25, -0.2) is 0 Å². The van der Waals surface area contributed by atoms with Crippen molar-refractivity contribution in [3.8, 4) is 17.2 Å². The molecule has 2 amide bonds. The van der Waals surface area contributed by atoms with Gasteiger partial charge in [0.1, 0.15) is 28.9 Å². The van der Waals surface area contributed by atoms with Crippen molar-refractivity contribution in [1.29, 1.82) is 0 Å². The average Bonchev–Trinajstić information content (AvgIpc) is 2.93. The van der Waals surface area contributed by atoms with Crippen LogP contribution in [0, 0.1) is 11.8 Å². The Hall–Kier alpha value is -3.89. The Balaban J connectivity index is 1.86. The number of Topliss-reactive ketones (excluding diaryl/α,β-unsaturated/α-hetero) is 1. The summed E-state index contributed by atoms with van der Waals surface area (Å²) in [5.74, 6) is -4.12. The fourth-order valence-corrected chi connectivity index (χ4v) is 5.83. The Labute approximate surface area is 247 Å². The van der Waals surface area contributed by atoms with Gasteiger partial charge in [-0.3, -0.25) is 14.4 Å². The van der Waals surface area contributed by atoms with Crippen LogP contribution in [0.15, 0.2) is 71.2 Å². The summed E-state index contributed by atoms with van der Waals surface area (Å²) in [6.45, 7) is 3.56. The lowest BCUT2D eigenvalue weighted by atomic mass is 9.61. The Morgan fingerprint density at radius 1 is 0.927 bits per heavy atom. The van der Waals surface area contributed by atoms with Crippen LogP contribution >= 0.6 is 15.9 Å². The Morgan fingerprint density at radius 2 is 1.49 bits per heavy atom. The number of anilines is 2. The standard InChI is InChI=1S/C31H33BrN2O7/c1-5-41-23-15-14-18(32)16-19(23)26-27(29(36)33-20-10-6-8-12-24(20)39-3)22(35)17-31(2,38)28(26)30(37)34-21-11-7-9-13-25(21)40-4/h6-16,26-28,38H,5,17H2,1-4H3,(H,33,36)(H,34,37). The molecule has 1 aliphatic carbocycles. The van der Waals surface area contributed by atoms with Crippen LogP contribution in [-0.4, -0.2) is 49.1 Å². The van der Waals surface area contributed by atoms with Crippen molar-refractivity contribution < 1.29 is 33.7 Å². The van der Waals surface area contributed by atoms with Crippen molar-refractivity contribution in [3.63, 3.8) is 0 Å². The maximum absolute atomic E-state index is 14.1. The molecule has 3 aromatic rings. The number of amides is 2. The van der Waals surface area contributed by atoms with E-state index < -0.39 is 47.4 Å². The van der Waals surface area contributed by atoms with Gasteiger partial charge in [0.15, 0.2) is 0 Å². The third kappa shape index (κ3) is 6.39. The van der Waals surface area contributed by atoms with Crippen molar-refractivity contribution in [2.45, 2.75) is 31.8 Å². The monoisotopic (exact) mass is 624 g/mol. The number of carbonyl (C=O) groups excluding carboxylic acids is 3. The predicted molar refractivity (Wildman–Crippen MR) is 159 cm³/mol. The van der Waals surface area contributed by atoms with Gasteiger partial charge in [0.05, 0.1) is 43.7 Å². The maximum atomic E-state index is 14.1. The van der Waals surface area contributed by atoms with Gasteiger partial charge < -0.3 is 30.0 Å². The van der Waals surface area contributed by atoms with Gasteiger partial charge >= 0.3 is 0 Å². The Morgan fingerprint density at radius 3 is 2.05 bits per heavy atom. The zero-order valence-electron chi connectivity index (χ0n) is 23.3. The number of ether oxygens (including phenoxy) is 3. The molecular weight excluding hydrogens is 592 g/mol. The SMILES string of the molecule is CCOc1ccc(Br)cc1C1C(C(=O)Nc2ccccc2OC)C(=O)CC(C)(O)C1C(=O)Nc1ccccc1OC. The number of ketones is 1. The second-order valence-electron chi connectivity index (χ2n) is 9.98. The van der Waals surface area contributed by atoms with Gasteiger partial charge in [-0.05, 0) is 56.3 Å². The molecule has 0 heterocycles. The van der Waals surface area contributed by atoms with E-state index >= 15 is 0 Å². The number of rotatable bonds is 9. The minimum atomic E-state index is -1.79. The minimum Gasteiger partial charge on any atom is -0.495 e. The largest absolute Gasteiger partial charge is 0.495 e. The molecule has 4 atom stereocenters. The lowest BCUT2D eigenvalue weighted by Crippen LogP contribution is -2.56. The number of halogens is 1. The van der Waals surface area contributed by atoms with Crippen LogP contribution in [0.25, 0.3) is 0 Å². The molecule has 0 spiro atoms. The molecule has 216 valence electrons. The lowest BCUT2D eigenvalue weighted by molar-refractivity contribution is -0.150. The summed E-state index contributed by atoms with van der Waals surface area (Å²) < 4.78 is 17.3. The van der Waals surface area contributed by atoms with E-state index in [1.807, 2.05) is 6.92 Å². The molecule has 1 aliphatic rings. The highest BCUT2D eigenvalue weighted by atomic mass is 79.9. The topological polar surface area (TPSA) is 123 Å². The quantitative estimate of drug-likeness (QED) is 0.280. The summed E-state index contributed by atoms with van der Waals surface area (Å²) in [7, 11) is 2.96. The molecule has 0 aliphatic heterocycles. The number of aliphatic hydroxyl groups is 1. The fourth-order valence-electron chi connectivity index (χ4n) is 5.45. The van der Waals surface area contributed by atoms with E-state index in [-0.39, 0.29) is 0 Å². The third-order valence-corrected chi connectivity index (χ3v) is 7.69. The van der Waals surface area contributed by atoms with Crippen LogP contribution < -0.4 is 24.8 Å². The highest BCUT2D eigenvalue weighted by molar-refractivity contribution is 9.10. The number of para-hydroxylation sites is 4. The van der Waals surface area contributed by atoms with Crippen molar-refractivity contribution in [2.75, 3.05) is 31.5 Å². The molecule has 3 aromatic carbocycles. The van der Waals surface area contributed by atoms with Crippen molar-refractivity contribution >= 4 is 44.9 Å². The summed E-state index contributed by atoms with van der Waals surface area (Å²) in [6, 6.07) is 18.9. The van der Waals surface area contributed by atoms with Crippen LogP contribution in [0.5, 0.6) is 17.2 Å². The highest BCUT2D eigenvalue weighted by Gasteiger charge is 2.56. The molecule has 4 rings (SSSR count). The van der Waals surface area contributed by atoms with E-state index in [0.29, 0.717) is 45.3 Å². The van der Waals surface area contributed by atoms with E-state index in [2.05, 4.69) is 26.6 Å². The van der Waals surface area contributed by atoms with Gasteiger partial charge in [-0.1, -0.05) is 40.2 Å². The molecule has 9 nitrogen and oxygen atoms in total. The number of carbonyl (C=O) groups is 3. The first-order valence-corrected chi connectivity index (χ1v) is 14.0. The van der Waals surface area contributed by atoms with E-state index in [1.54, 1.807) is 66.7 Å². The van der Waals surface area contributed by atoms with Crippen molar-refractivity contribution in [1.82, 2.24) is 0 Å². The van der Waals surface area contributed by atoms with Gasteiger partial charge in [0, 0.05) is 22.4 Å². The Bertz CT molecular complexity index is 1440. The molecule has 41 heavy (non-hydrogen) atoms. The van der Waals surface area contributed by atoms with E-state index in [0.717, 1.165) is 0 Å². The molecule has 1 saturated carbocycles. The minimum absolute atomic E-state index is 0.307. The van der Waals surface area contributed by atoms with Crippen LogP contribution in [0.2, 0.25) is 0 Å². The third-order valence-electron chi connectivity index (χ3n) is 7.19. The van der Waals surface area contributed by atoms with E-state index in [9.17, 15) is 19.5 Å². The van der Waals surface area contributed by atoms with Crippen LogP contribution in [0.3, 0.4) is 0 Å². The number of methoxy groups -OCH3 is 2. The van der Waals surface area contributed by atoms with Crippen LogP contribution in [0.4, 0.5) is 11.4 Å². The number of nitrogens with one attached hydrogen (secondary N) is 2. The smallest absolute Gasteiger partial charge is 0.235 e. The molecule has 0 saturated heterocycles. The van der Waals surface area contributed by atoms with E-state index in [1.165, 1.54) is 21.1 Å². The van der Waals surface area contributed by atoms with Crippen molar-refractivity contribution in [2.24, 2.45) is 11.8 Å². The predicted octanol–water partition coefficient (Wildman–Crippen LogP) is 5.18. The first-order chi connectivity index (χ1) is 19.6. The number of benzene rings is 3. The first-order valence-electron chi connectivity index (χ1n) is 13.2. The average molecular weight is 626 g/mol. The van der Waals surface area contributed by atoms with E-state index in [4.69, 9.17) is 14.2 Å². The Kier molecular flexibility index (Phi) is 9.35. The fraction of sp³-hybridized carbons (Fsp3) is 0.323. The van der Waals surface area contributed by atoms with Gasteiger partial charge in [0.25, 0.3) is 0 Å². The molecule has 3 N–H and O–H groups in total. The summed E-state index contributed by atoms with van der Waals surface area (Å²) in [5, 5.41) is 17.3. The van der Waals surface area contributed by atoms with Crippen molar-refractivity contribution in [3.05, 3.63) is 76.8 Å². The van der Waals surface area contributed by atoms with Crippen LogP contribution in [-0.2, 0) is 14.4 Å². The summed E-state index contributed by atoms with van der Waals surface area (Å²) in [6.07, 6.45) is -0.407. The molecule has 4 unspecified atom stereocenters. The number of hydrogen-bond donors (Lipinski definition) is 3. The second kappa shape index (κ2) is 12.7. The molecule has 1 fully saturated rings. The van der Waals surface area contributed by atoms with Gasteiger partial charge in [0.2, 0.25) is 11.8 Å². The molecule has 0 aromatic heterocycles. The first kappa shape index (κ1) is 30.1.